The van der Waals surface area contributed by atoms with E-state index in [1.165, 1.54) is 18.4 Å². The number of pyridine rings is 1. The molecule has 1 N–H and O–H groups in total. The van der Waals surface area contributed by atoms with Gasteiger partial charge in [0.15, 0.2) is 0 Å². The summed E-state index contributed by atoms with van der Waals surface area (Å²) in [7, 11) is 0. The molecule has 0 spiro atoms. The largest absolute Gasteiger partial charge is 0.444 e. The second kappa shape index (κ2) is 7.09. The molecule has 1 unspecified atom stereocenters. The zero-order valence-electron chi connectivity index (χ0n) is 15.0. The number of likely N-dealkylation sites (tertiary alicyclic amines) is 1. The maximum absolute atomic E-state index is 12.2. The van der Waals surface area contributed by atoms with Crippen LogP contribution in [0.3, 0.4) is 0 Å². The van der Waals surface area contributed by atoms with E-state index in [0.717, 1.165) is 31.8 Å². The van der Waals surface area contributed by atoms with Gasteiger partial charge in [0.1, 0.15) is 5.60 Å². The SMILES string of the molecule is CC(C)(C)OC(=O)N1CCC(NC(c2ccncc2)C2CC2)CC1. The first-order chi connectivity index (χ1) is 11.4. The van der Waals surface area contributed by atoms with E-state index < -0.39 is 5.60 Å². The molecular weight excluding hydrogens is 302 g/mol. The molecule has 1 aliphatic heterocycles. The van der Waals surface area contributed by atoms with E-state index >= 15 is 0 Å². The minimum absolute atomic E-state index is 0.186. The predicted molar refractivity (Wildman–Crippen MR) is 93.7 cm³/mol. The Labute approximate surface area is 144 Å². The molecule has 2 aliphatic rings. The number of carbonyl (C=O) groups excluding carboxylic acids is 1. The summed E-state index contributed by atoms with van der Waals surface area (Å²) in [5, 5.41) is 3.84. The fourth-order valence-electron chi connectivity index (χ4n) is 3.31. The average molecular weight is 331 g/mol. The highest BCUT2D eigenvalue weighted by Gasteiger charge is 2.35. The zero-order chi connectivity index (χ0) is 17.2. The molecular formula is C19H29N3O2. The fraction of sp³-hybridized carbons (Fsp3) is 0.684. The molecule has 24 heavy (non-hydrogen) atoms. The summed E-state index contributed by atoms with van der Waals surface area (Å²) in [4.78, 5) is 18.1. The quantitative estimate of drug-likeness (QED) is 0.917. The Kier molecular flexibility index (Phi) is 5.09. The molecule has 1 saturated heterocycles. The molecule has 5 heteroatoms. The van der Waals surface area contributed by atoms with Gasteiger partial charge in [0.25, 0.3) is 0 Å². The second-order valence-electron chi connectivity index (χ2n) is 8.00. The number of piperidine rings is 1. The molecule has 2 heterocycles. The monoisotopic (exact) mass is 331 g/mol. The van der Waals surface area contributed by atoms with Crippen LogP contribution >= 0.6 is 0 Å². The van der Waals surface area contributed by atoms with Crippen LogP contribution < -0.4 is 5.32 Å². The van der Waals surface area contributed by atoms with Crippen molar-refractivity contribution in [3.8, 4) is 0 Å². The molecule has 1 aliphatic carbocycles. The third kappa shape index (κ3) is 4.69. The van der Waals surface area contributed by atoms with Crippen molar-refractivity contribution in [1.82, 2.24) is 15.2 Å². The second-order valence-corrected chi connectivity index (χ2v) is 8.00. The highest BCUT2D eigenvalue weighted by molar-refractivity contribution is 5.68. The van der Waals surface area contributed by atoms with E-state index in [4.69, 9.17) is 4.74 Å². The van der Waals surface area contributed by atoms with Gasteiger partial charge in [0, 0.05) is 37.6 Å². The van der Waals surface area contributed by atoms with Crippen molar-refractivity contribution >= 4 is 6.09 Å². The topological polar surface area (TPSA) is 54.5 Å². The summed E-state index contributed by atoms with van der Waals surface area (Å²) in [5.74, 6) is 0.747. The van der Waals surface area contributed by atoms with Crippen molar-refractivity contribution in [2.75, 3.05) is 13.1 Å². The van der Waals surface area contributed by atoms with Crippen LogP contribution in [0.25, 0.3) is 0 Å². The van der Waals surface area contributed by atoms with Gasteiger partial charge in [-0.05, 0) is 70.1 Å². The van der Waals surface area contributed by atoms with Crippen LogP contribution in [0.15, 0.2) is 24.5 Å². The van der Waals surface area contributed by atoms with Gasteiger partial charge in [0.2, 0.25) is 0 Å². The Morgan fingerprint density at radius 1 is 1.21 bits per heavy atom. The molecule has 2 fully saturated rings. The molecule has 3 rings (SSSR count). The maximum Gasteiger partial charge on any atom is 0.410 e. The third-order valence-corrected chi connectivity index (χ3v) is 4.72. The van der Waals surface area contributed by atoms with Crippen LogP contribution in [0.5, 0.6) is 0 Å². The van der Waals surface area contributed by atoms with E-state index in [2.05, 4.69) is 22.4 Å². The van der Waals surface area contributed by atoms with E-state index in [1.54, 1.807) is 0 Å². The van der Waals surface area contributed by atoms with Crippen molar-refractivity contribution in [2.24, 2.45) is 5.92 Å². The van der Waals surface area contributed by atoms with Crippen molar-refractivity contribution in [3.63, 3.8) is 0 Å². The van der Waals surface area contributed by atoms with E-state index in [0.29, 0.717) is 12.1 Å². The number of nitrogens with zero attached hydrogens (tertiary/aromatic N) is 2. The number of aromatic nitrogens is 1. The Bertz CT molecular complexity index is 543. The number of nitrogens with one attached hydrogen (secondary N) is 1. The van der Waals surface area contributed by atoms with Crippen LogP contribution in [-0.2, 0) is 4.74 Å². The van der Waals surface area contributed by atoms with Crippen molar-refractivity contribution in [1.29, 1.82) is 0 Å². The molecule has 1 amide bonds. The summed E-state index contributed by atoms with van der Waals surface area (Å²) in [6.07, 6.45) is 8.12. The lowest BCUT2D eigenvalue weighted by Crippen LogP contribution is -2.47. The number of carbonyl (C=O) groups is 1. The van der Waals surface area contributed by atoms with Crippen molar-refractivity contribution in [2.45, 2.75) is 64.1 Å². The van der Waals surface area contributed by atoms with Gasteiger partial charge in [-0.3, -0.25) is 4.98 Å². The third-order valence-electron chi connectivity index (χ3n) is 4.72. The van der Waals surface area contributed by atoms with E-state index in [9.17, 15) is 4.79 Å². The summed E-state index contributed by atoms with van der Waals surface area (Å²) in [6, 6.07) is 5.12. The number of hydrogen-bond donors (Lipinski definition) is 1. The first-order valence-electron chi connectivity index (χ1n) is 9.06. The highest BCUT2D eigenvalue weighted by Crippen LogP contribution is 2.41. The lowest BCUT2D eigenvalue weighted by atomic mass is 9.99. The molecule has 1 atom stereocenters. The smallest absolute Gasteiger partial charge is 0.410 e. The van der Waals surface area contributed by atoms with Gasteiger partial charge in [-0.15, -0.1) is 0 Å². The number of ether oxygens (including phenoxy) is 1. The molecule has 132 valence electrons. The molecule has 0 radical (unpaired) electrons. The fourth-order valence-corrected chi connectivity index (χ4v) is 3.31. The lowest BCUT2D eigenvalue weighted by Gasteiger charge is -2.35. The Balaban J connectivity index is 1.52. The van der Waals surface area contributed by atoms with Gasteiger partial charge < -0.3 is 15.0 Å². The number of amides is 1. The molecule has 1 aromatic rings. The van der Waals surface area contributed by atoms with Crippen LogP contribution in [0.2, 0.25) is 0 Å². The van der Waals surface area contributed by atoms with Gasteiger partial charge in [0.05, 0.1) is 0 Å². The number of hydrogen-bond acceptors (Lipinski definition) is 4. The van der Waals surface area contributed by atoms with Gasteiger partial charge >= 0.3 is 6.09 Å². The predicted octanol–water partition coefficient (Wildman–Crippen LogP) is 3.52. The molecule has 5 nitrogen and oxygen atoms in total. The molecule has 0 bridgehead atoms. The van der Waals surface area contributed by atoms with Gasteiger partial charge in [-0.1, -0.05) is 0 Å². The van der Waals surface area contributed by atoms with Crippen molar-refractivity contribution in [3.05, 3.63) is 30.1 Å². The summed E-state index contributed by atoms with van der Waals surface area (Å²) >= 11 is 0. The maximum atomic E-state index is 12.2. The average Bonchev–Trinajstić information content (AvgIpc) is 3.37. The normalized spacial score (nSPS) is 20.7. The van der Waals surface area contributed by atoms with E-state index in [-0.39, 0.29) is 6.09 Å². The van der Waals surface area contributed by atoms with Gasteiger partial charge in [-0.25, -0.2) is 4.79 Å². The minimum Gasteiger partial charge on any atom is -0.444 e. The first-order valence-corrected chi connectivity index (χ1v) is 9.06. The van der Waals surface area contributed by atoms with Crippen LogP contribution in [-0.4, -0.2) is 40.7 Å². The van der Waals surface area contributed by atoms with Crippen LogP contribution in [0.1, 0.15) is 58.1 Å². The molecule has 1 saturated carbocycles. The molecule has 1 aromatic heterocycles. The van der Waals surface area contributed by atoms with Crippen molar-refractivity contribution < 1.29 is 9.53 Å². The Hall–Kier alpha value is -1.62. The zero-order valence-corrected chi connectivity index (χ0v) is 15.0. The van der Waals surface area contributed by atoms with Crippen LogP contribution in [0, 0.1) is 5.92 Å². The lowest BCUT2D eigenvalue weighted by molar-refractivity contribution is 0.0195. The molecule has 0 aromatic carbocycles. The standard InChI is InChI=1S/C19H29N3O2/c1-19(2,3)24-18(23)22-12-8-16(9-13-22)21-17(14-4-5-14)15-6-10-20-11-7-15/h6-7,10-11,14,16-17,21H,4-5,8-9,12-13H2,1-3H3. The Morgan fingerprint density at radius 3 is 2.38 bits per heavy atom. The minimum atomic E-state index is -0.426. The summed E-state index contributed by atoms with van der Waals surface area (Å²) < 4.78 is 5.47. The Morgan fingerprint density at radius 2 is 1.83 bits per heavy atom. The van der Waals surface area contributed by atoms with Gasteiger partial charge in [-0.2, -0.15) is 0 Å². The first kappa shape index (κ1) is 17.2. The summed E-state index contributed by atoms with van der Waals surface area (Å²) in [6.45, 7) is 7.26. The summed E-state index contributed by atoms with van der Waals surface area (Å²) in [5.41, 5.74) is 0.909. The van der Waals surface area contributed by atoms with E-state index in [1.807, 2.05) is 38.1 Å². The van der Waals surface area contributed by atoms with Crippen LogP contribution in [0.4, 0.5) is 4.79 Å². The highest BCUT2D eigenvalue weighted by atomic mass is 16.6. The number of rotatable bonds is 4.